The monoisotopic (exact) mass is 257 g/mol. The minimum absolute atomic E-state index is 0.0742. The fraction of sp³-hybridized carbons (Fsp3) is 0.929. The molecule has 1 rings (SSSR count). The van der Waals surface area contributed by atoms with E-state index >= 15 is 0 Å². The molecule has 0 spiro atoms. The van der Waals surface area contributed by atoms with E-state index in [-0.39, 0.29) is 12.0 Å². The Morgan fingerprint density at radius 3 is 2.78 bits per heavy atom. The molecule has 1 amide bonds. The first-order valence-electron chi connectivity index (χ1n) is 7.23. The molecule has 0 bridgehead atoms. The summed E-state index contributed by atoms with van der Waals surface area (Å²) in [5, 5.41) is 13.2. The molecule has 0 radical (unpaired) electrons. The van der Waals surface area contributed by atoms with Crippen molar-refractivity contribution in [3.05, 3.63) is 0 Å². The molecule has 18 heavy (non-hydrogen) atoms. The van der Waals surface area contributed by atoms with Gasteiger partial charge >= 0.3 is 0 Å². The molecule has 0 saturated carbocycles. The fourth-order valence-electron chi connectivity index (χ4n) is 2.24. The average molecular weight is 257 g/mol. The van der Waals surface area contributed by atoms with Gasteiger partial charge < -0.3 is 15.2 Å². The first-order chi connectivity index (χ1) is 8.61. The van der Waals surface area contributed by atoms with Gasteiger partial charge in [0.2, 0.25) is 5.91 Å². The molecule has 1 aliphatic rings. The number of rotatable bonds is 8. The summed E-state index contributed by atoms with van der Waals surface area (Å²) < 4.78 is 5.32. The summed E-state index contributed by atoms with van der Waals surface area (Å²) in [5.74, 6) is -0.0742. The number of hydrogen-bond donors (Lipinski definition) is 2. The summed E-state index contributed by atoms with van der Waals surface area (Å²) in [5.41, 5.74) is -0.760. The van der Waals surface area contributed by atoms with Crippen LogP contribution in [-0.4, -0.2) is 35.9 Å². The molecule has 1 fully saturated rings. The van der Waals surface area contributed by atoms with E-state index < -0.39 is 5.60 Å². The van der Waals surface area contributed by atoms with Gasteiger partial charge in [0.15, 0.2) is 0 Å². The first-order valence-corrected chi connectivity index (χ1v) is 7.23. The van der Waals surface area contributed by atoms with E-state index in [9.17, 15) is 9.90 Å². The SMILES string of the molecule is CCCCCC(O)(CC)CNC(=O)C1CCCO1. The zero-order valence-corrected chi connectivity index (χ0v) is 11.7. The van der Waals surface area contributed by atoms with Crippen molar-refractivity contribution in [2.24, 2.45) is 0 Å². The Morgan fingerprint density at radius 1 is 1.44 bits per heavy atom. The smallest absolute Gasteiger partial charge is 0.249 e. The number of unbranched alkanes of at least 4 members (excludes halogenated alkanes) is 2. The third-order valence-electron chi connectivity index (χ3n) is 3.72. The van der Waals surface area contributed by atoms with Crippen LogP contribution in [0.4, 0.5) is 0 Å². The van der Waals surface area contributed by atoms with Crippen LogP contribution in [-0.2, 0) is 9.53 Å². The molecule has 0 aliphatic carbocycles. The van der Waals surface area contributed by atoms with Gasteiger partial charge in [-0.15, -0.1) is 0 Å². The molecule has 0 aromatic rings. The molecule has 106 valence electrons. The van der Waals surface area contributed by atoms with Crippen molar-refractivity contribution in [2.75, 3.05) is 13.2 Å². The zero-order chi connectivity index (χ0) is 13.4. The quantitative estimate of drug-likeness (QED) is 0.654. The summed E-state index contributed by atoms with van der Waals surface area (Å²) in [7, 11) is 0. The van der Waals surface area contributed by atoms with Crippen molar-refractivity contribution in [1.29, 1.82) is 0 Å². The van der Waals surface area contributed by atoms with Crippen LogP contribution in [0.3, 0.4) is 0 Å². The third-order valence-corrected chi connectivity index (χ3v) is 3.72. The molecular formula is C14H27NO3. The lowest BCUT2D eigenvalue weighted by Crippen LogP contribution is -2.45. The second-order valence-electron chi connectivity index (χ2n) is 5.25. The molecular weight excluding hydrogens is 230 g/mol. The fourth-order valence-corrected chi connectivity index (χ4v) is 2.24. The number of amides is 1. The normalized spacial score (nSPS) is 22.7. The van der Waals surface area contributed by atoms with Gasteiger partial charge in [0.05, 0.1) is 5.60 Å². The Labute approximate surface area is 110 Å². The molecule has 0 aromatic heterocycles. The molecule has 1 saturated heterocycles. The van der Waals surface area contributed by atoms with Crippen LogP contribution in [0.2, 0.25) is 0 Å². The summed E-state index contributed by atoms with van der Waals surface area (Å²) >= 11 is 0. The van der Waals surface area contributed by atoms with Crippen molar-refractivity contribution in [1.82, 2.24) is 5.32 Å². The highest BCUT2D eigenvalue weighted by Gasteiger charge is 2.28. The van der Waals surface area contributed by atoms with Crippen molar-refractivity contribution in [3.63, 3.8) is 0 Å². The predicted molar refractivity (Wildman–Crippen MR) is 71.4 cm³/mol. The summed E-state index contributed by atoms with van der Waals surface area (Å²) in [6.07, 6.45) is 6.15. The van der Waals surface area contributed by atoms with Gasteiger partial charge in [0, 0.05) is 13.2 Å². The van der Waals surface area contributed by atoms with Gasteiger partial charge in [-0.1, -0.05) is 33.1 Å². The lowest BCUT2D eigenvalue weighted by atomic mass is 9.93. The zero-order valence-electron chi connectivity index (χ0n) is 11.7. The summed E-state index contributed by atoms with van der Waals surface area (Å²) in [4.78, 5) is 11.8. The molecule has 1 aliphatic heterocycles. The van der Waals surface area contributed by atoms with E-state index in [1.165, 1.54) is 0 Å². The Bertz CT molecular complexity index is 251. The van der Waals surface area contributed by atoms with Gasteiger partial charge in [-0.25, -0.2) is 0 Å². The Morgan fingerprint density at radius 2 is 2.22 bits per heavy atom. The average Bonchev–Trinajstić information content (AvgIpc) is 2.90. The second kappa shape index (κ2) is 7.74. The highest BCUT2D eigenvalue weighted by atomic mass is 16.5. The number of nitrogens with one attached hydrogen (secondary N) is 1. The maximum Gasteiger partial charge on any atom is 0.249 e. The molecule has 1 heterocycles. The van der Waals surface area contributed by atoms with E-state index in [2.05, 4.69) is 12.2 Å². The van der Waals surface area contributed by atoms with Crippen LogP contribution < -0.4 is 5.32 Å². The number of carbonyl (C=O) groups is 1. The van der Waals surface area contributed by atoms with Gasteiger partial charge in [-0.2, -0.15) is 0 Å². The largest absolute Gasteiger partial charge is 0.388 e. The minimum atomic E-state index is -0.760. The Kier molecular flexibility index (Phi) is 6.65. The van der Waals surface area contributed by atoms with Gasteiger partial charge in [-0.3, -0.25) is 4.79 Å². The highest BCUT2D eigenvalue weighted by molar-refractivity contribution is 5.81. The van der Waals surface area contributed by atoms with Crippen LogP contribution in [0, 0.1) is 0 Å². The predicted octanol–water partition coefficient (Wildman–Crippen LogP) is 2.00. The Balaban J connectivity index is 2.30. The number of carbonyl (C=O) groups excluding carboxylic acids is 1. The highest BCUT2D eigenvalue weighted by Crippen LogP contribution is 2.19. The van der Waals surface area contributed by atoms with Crippen molar-refractivity contribution in [2.45, 2.75) is 70.5 Å². The lowest BCUT2D eigenvalue weighted by molar-refractivity contribution is -0.131. The minimum Gasteiger partial charge on any atom is -0.388 e. The van der Waals surface area contributed by atoms with E-state index in [0.29, 0.717) is 19.6 Å². The number of hydrogen-bond acceptors (Lipinski definition) is 3. The van der Waals surface area contributed by atoms with Crippen LogP contribution in [0.1, 0.15) is 58.8 Å². The lowest BCUT2D eigenvalue weighted by Gasteiger charge is -2.27. The van der Waals surface area contributed by atoms with E-state index in [1.807, 2.05) is 6.92 Å². The van der Waals surface area contributed by atoms with Gasteiger partial charge in [0.25, 0.3) is 0 Å². The molecule has 2 atom stereocenters. The molecule has 0 aromatic carbocycles. The van der Waals surface area contributed by atoms with Crippen LogP contribution >= 0.6 is 0 Å². The van der Waals surface area contributed by atoms with Crippen molar-refractivity contribution >= 4 is 5.91 Å². The first kappa shape index (κ1) is 15.4. The van der Waals surface area contributed by atoms with E-state index in [0.717, 1.165) is 38.5 Å². The van der Waals surface area contributed by atoms with E-state index in [4.69, 9.17) is 4.74 Å². The van der Waals surface area contributed by atoms with Crippen LogP contribution in [0.25, 0.3) is 0 Å². The van der Waals surface area contributed by atoms with Crippen molar-refractivity contribution < 1.29 is 14.6 Å². The van der Waals surface area contributed by atoms with Gasteiger partial charge in [0.1, 0.15) is 6.10 Å². The Hall–Kier alpha value is -0.610. The van der Waals surface area contributed by atoms with Crippen LogP contribution in [0.15, 0.2) is 0 Å². The number of ether oxygens (including phenoxy) is 1. The standard InChI is InChI=1S/C14H27NO3/c1-3-5-6-9-14(17,4-2)11-15-13(16)12-8-7-10-18-12/h12,17H,3-11H2,1-2H3,(H,15,16). The molecule has 2 N–H and O–H groups in total. The van der Waals surface area contributed by atoms with Crippen LogP contribution in [0.5, 0.6) is 0 Å². The summed E-state index contributed by atoms with van der Waals surface area (Å²) in [6.45, 7) is 5.12. The molecule has 2 unspecified atom stereocenters. The molecule has 4 heteroatoms. The third kappa shape index (κ3) is 4.94. The van der Waals surface area contributed by atoms with Crippen molar-refractivity contribution in [3.8, 4) is 0 Å². The second-order valence-corrected chi connectivity index (χ2v) is 5.25. The molecule has 4 nitrogen and oxygen atoms in total. The maximum absolute atomic E-state index is 11.8. The maximum atomic E-state index is 11.8. The summed E-state index contributed by atoms with van der Waals surface area (Å²) in [6, 6.07) is 0. The van der Waals surface area contributed by atoms with E-state index in [1.54, 1.807) is 0 Å². The topological polar surface area (TPSA) is 58.6 Å². The van der Waals surface area contributed by atoms with Gasteiger partial charge in [-0.05, 0) is 25.7 Å². The number of aliphatic hydroxyl groups is 1.